The first-order valence-corrected chi connectivity index (χ1v) is 6.60. The molecule has 102 valence electrons. The first-order valence-electron chi connectivity index (χ1n) is 6.60. The Bertz CT molecular complexity index is 485. The van der Waals surface area contributed by atoms with Gasteiger partial charge < -0.3 is 9.64 Å². The monoisotopic (exact) mass is 263 g/mol. The quantitative estimate of drug-likeness (QED) is 0.802. The van der Waals surface area contributed by atoms with E-state index in [1.807, 2.05) is 0 Å². The van der Waals surface area contributed by atoms with Crippen molar-refractivity contribution in [1.82, 2.24) is 15.1 Å². The molecule has 1 saturated carbocycles. The van der Waals surface area contributed by atoms with Crippen molar-refractivity contribution in [2.45, 2.75) is 25.3 Å². The minimum absolute atomic E-state index is 0.165. The number of hydrogen-bond acceptors (Lipinski definition) is 4. The van der Waals surface area contributed by atoms with Gasteiger partial charge in [0.25, 0.3) is 5.91 Å². The third-order valence-electron chi connectivity index (χ3n) is 4.33. The number of H-pyrrole nitrogens is 1. The lowest BCUT2D eigenvalue weighted by atomic mass is 9.94. The fourth-order valence-electron chi connectivity index (χ4n) is 3.47. The summed E-state index contributed by atoms with van der Waals surface area (Å²) in [6.45, 7) is 0.641. The number of carbonyl (C=O) groups excluding carboxylic acids is 2. The van der Waals surface area contributed by atoms with Gasteiger partial charge in [0.15, 0.2) is 0 Å². The molecular formula is C13H17N3O3. The summed E-state index contributed by atoms with van der Waals surface area (Å²) in [7, 11) is 1.38. The van der Waals surface area contributed by atoms with E-state index < -0.39 is 6.04 Å². The summed E-state index contributed by atoms with van der Waals surface area (Å²) < 4.78 is 4.88. The van der Waals surface area contributed by atoms with Crippen LogP contribution in [0.1, 0.15) is 29.8 Å². The van der Waals surface area contributed by atoms with E-state index in [4.69, 9.17) is 4.74 Å². The molecule has 3 unspecified atom stereocenters. The minimum atomic E-state index is -0.437. The first kappa shape index (κ1) is 12.2. The number of nitrogens with zero attached hydrogens (tertiary/aromatic N) is 2. The Morgan fingerprint density at radius 3 is 3.00 bits per heavy atom. The fourth-order valence-corrected chi connectivity index (χ4v) is 3.47. The van der Waals surface area contributed by atoms with Gasteiger partial charge in [-0.15, -0.1) is 0 Å². The maximum Gasteiger partial charge on any atom is 0.328 e. The zero-order valence-corrected chi connectivity index (χ0v) is 10.8. The number of amides is 1. The van der Waals surface area contributed by atoms with Gasteiger partial charge in [-0.05, 0) is 30.7 Å². The van der Waals surface area contributed by atoms with Crippen LogP contribution in [0.25, 0.3) is 0 Å². The Morgan fingerprint density at radius 2 is 2.32 bits per heavy atom. The van der Waals surface area contributed by atoms with Gasteiger partial charge in [0.1, 0.15) is 11.7 Å². The summed E-state index contributed by atoms with van der Waals surface area (Å²) in [4.78, 5) is 26.1. The first-order chi connectivity index (χ1) is 9.22. The number of likely N-dealkylation sites (tertiary alicyclic amines) is 1. The minimum Gasteiger partial charge on any atom is -0.467 e. The molecule has 6 nitrogen and oxygen atoms in total. The topological polar surface area (TPSA) is 75.3 Å². The fraction of sp³-hybridized carbons (Fsp3) is 0.615. The standard InChI is InChI=1S/C13H17N3O3/c1-19-13(18)11-9-4-2-3-8(9)7-16(11)12(17)10-5-6-14-15-10/h5-6,8-9,11H,2-4,7H2,1H3,(H,14,15). The van der Waals surface area contributed by atoms with Crippen LogP contribution >= 0.6 is 0 Å². The van der Waals surface area contributed by atoms with E-state index in [1.165, 1.54) is 13.3 Å². The molecule has 0 aromatic carbocycles. The Balaban J connectivity index is 1.87. The molecule has 3 atom stereocenters. The zero-order chi connectivity index (χ0) is 13.4. The van der Waals surface area contributed by atoms with Gasteiger partial charge in [-0.2, -0.15) is 5.10 Å². The number of ether oxygens (including phenoxy) is 1. The number of hydrogen-bond donors (Lipinski definition) is 1. The molecule has 0 radical (unpaired) electrons. The van der Waals surface area contributed by atoms with Crippen LogP contribution in [0, 0.1) is 11.8 Å². The van der Waals surface area contributed by atoms with E-state index in [0.29, 0.717) is 18.2 Å². The molecule has 2 aliphatic rings. The van der Waals surface area contributed by atoms with Gasteiger partial charge in [-0.1, -0.05) is 6.42 Å². The van der Waals surface area contributed by atoms with Crippen LogP contribution in [0.3, 0.4) is 0 Å². The highest BCUT2D eigenvalue weighted by atomic mass is 16.5. The summed E-state index contributed by atoms with van der Waals surface area (Å²) in [5.41, 5.74) is 0.425. The van der Waals surface area contributed by atoms with Crippen molar-refractivity contribution in [2.75, 3.05) is 13.7 Å². The number of aromatic nitrogens is 2. The predicted octanol–water partition coefficient (Wildman–Crippen LogP) is 0.823. The van der Waals surface area contributed by atoms with Crippen LogP contribution in [0.4, 0.5) is 0 Å². The van der Waals surface area contributed by atoms with E-state index in [0.717, 1.165) is 19.3 Å². The molecule has 1 amide bonds. The summed E-state index contributed by atoms with van der Waals surface area (Å²) in [5, 5.41) is 6.45. The lowest BCUT2D eigenvalue weighted by Gasteiger charge is -2.25. The summed E-state index contributed by atoms with van der Waals surface area (Å²) >= 11 is 0. The summed E-state index contributed by atoms with van der Waals surface area (Å²) in [5.74, 6) is 0.208. The molecule has 19 heavy (non-hydrogen) atoms. The van der Waals surface area contributed by atoms with Gasteiger partial charge in [-0.25, -0.2) is 4.79 Å². The molecule has 1 saturated heterocycles. The third kappa shape index (κ3) is 1.91. The van der Waals surface area contributed by atoms with Gasteiger partial charge in [-0.3, -0.25) is 9.89 Å². The second-order valence-corrected chi connectivity index (χ2v) is 5.25. The lowest BCUT2D eigenvalue weighted by Crippen LogP contribution is -2.44. The van der Waals surface area contributed by atoms with Crippen molar-refractivity contribution in [2.24, 2.45) is 11.8 Å². The van der Waals surface area contributed by atoms with Crippen molar-refractivity contribution in [3.05, 3.63) is 18.0 Å². The van der Waals surface area contributed by atoms with Gasteiger partial charge in [0.2, 0.25) is 0 Å². The Kier molecular flexibility index (Phi) is 3.00. The molecule has 1 aromatic rings. The third-order valence-corrected chi connectivity index (χ3v) is 4.33. The average Bonchev–Trinajstić information content (AvgIpc) is 3.12. The van der Waals surface area contributed by atoms with Crippen molar-refractivity contribution in [3.8, 4) is 0 Å². The number of carbonyl (C=O) groups is 2. The average molecular weight is 263 g/mol. The van der Waals surface area contributed by atoms with Gasteiger partial charge in [0.05, 0.1) is 7.11 Å². The largest absolute Gasteiger partial charge is 0.467 e. The van der Waals surface area contributed by atoms with Crippen LogP contribution in [-0.2, 0) is 9.53 Å². The Hall–Kier alpha value is -1.85. The molecular weight excluding hydrogens is 246 g/mol. The molecule has 6 heteroatoms. The molecule has 2 fully saturated rings. The van der Waals surface area contributed by atoms with E-state index in [9.17, 15) is 9.59 Å². The lowest BCUT2D eigenvalue weighted by molar-refractivity contribution is -0.146. The normalized spacial score (nSPS) is 29.3. The maximum absolute atomic E-state index is 12.4. The van der Waals surface area contributed by atoms with Crippen molar-refractivity contribution >= 4 is 11.9 Å². The number of rotatable bonds is 2. The number of esters is 1. The SMILES string of the molecule is COC(=O)C1C2CCCC2CN1C(=O)c1ccn[nH]1. The van der Waals surface area contributed by atoms with Crippen molar-refractivity contribution in [1.29, 1.82) is 0 Å². The van der Waals surface area contributed by atoms with Crippen molar-refractivity contribution < 1.29 is 14.3 Å². The van der Waals surface area contributed by atoms with E-state index in [-0.39, 0.29) is 17.8 Å². The predicted molar refractivity (Wildman–Crippen MR) is 66.3 cm³/mol. The highest BCUT2D eigenvalue weighted by Crippen LogP contribution is 2.42. The van der Waals surface area contributed by atoms with Crippen LogP contribution in [-0.4, -0.2) is 46.7 Å². The molecule has 1 aromatic heterocycles. The second-order valence-electron chi connectivity index (χ2n) is 5.25. The maximum atomic E-state index is 12.4. The highest BCUT2D eigenvalue weighted by Gasteiger charge is 2.50. The summed E-state index contributed by atoms with van der Waals surface area (Å²) in [6.07, 6.45) is 4.76. The molecule has 0 spiro atoms. The van der Waals surface area contributed by atoms with Crippen LogP contribution in [0.5, 0.6) is 0 Å². The van der Waals surface area contributed by atoms with E-state index >= 15 is 0 Å². The molecule has 2 heterocycles. The second kappa shape index (κ2) is 4.68. The van der Waals surface area contributed by atoms with Gasteiger partial charge >= 0.3 is 5.97 Å². The highest BCUT2D eigenvalue weighted by molar-refractivity contribution is 5.95. The smallest absolute Gasteiger partial charge is 0.328 e. The number of methoxy groups -OCH3 is 1. The Morgan fingerprint density at radius 1 is 1.47 bits per heavy atom. The molecule has 0 bridgehead atoms. The number of fused-ring (bicyclic) bond motifs is 1. The number of nitrogens with one attached hydrogen (secondary N) is 1. The van der Waals surface area contributed by atoms with E-state index in [2.05, 4.69) is 10.2 Å². The molecule has 1 aliphatic heterocycles. The summed E-state index contributed by atoms with van der Waals surface area (Å²) in [6, 6.07) is 1.19. The Labute approximate surface area is 111 Å². The molecule has 1 N–H and O–H groups in total. The van der Waals surface area contributed by atoms with Crippen LogP contribution < -0.4 is 0 Å². The van der Waals surface area contributed by atoms with Crippen molar-refractivity contribution in [3.63, 3.8) is 0 Å². The van der Waals surface area contributed by atoms with Gasteiger partial charge in [0, 0.05) is 12.7 Å². The van der Waals surface area contributed by atoms with Crippen LogP contribution in [0.15, 0.2) is 12.3 Å². The van der Waals surface area contributed by atoms with E-state index in [1.54, 1.807) is 11.0 Å². The molecule has 1 aliphatic carbocycles. The zero-order valence-electron chi connectivity index (χ0n) is 10.8. The number of aromatic amines is 1. The molecule has 3 rings (SSSR count). The van der Waals surface area contributed by atoms with Crippen LogP contribution in [0.2, 0.25) is 0 Å².